The highest BCUT2D eigenvalue weighted by molar-refractivity contribution is 6.30. The molecule has 0 unspecified atom stereocenters. The molecule has 0 atom stereocenters. The number of hydrogen-bond acceptors (Lipinski definition) is 4. The molecule has 2 aromatic carbocycles. The lowest BCUT2D eigenvalue weighted by Gasteiger charge is -2.11. The molecular weight excluding hydrogens is 424 g/mol. The van der Waals surface area contributed by atoms with Crippen LogP contribution >= 0.6 is 11.6 Å². The first-order valence-electron chi connectivity index (χ1n) is 10.1. The molecular formula is C26H23ClN2O3. The minimum absolute atomic E-state index is 0.290. The standard InChI is InChI=1S/C26H23ClN2O3/c1-15-5-7-19(16(2)9-15)22-14-32-24-12-23(31-4)20(11-21(22)24)17(3)10-26(30)29-25-8-6-18(27)13-28-25/h5-14H,1-4H3,(H,28,29,30)/b17-10+. The number of methoxy groups -OCH3 is 1. The van der Waals surface area contributed by atoms with Crippen molar-refractivity contribution < 1.29 is 13.9 Å². The van der Waals surface area contributed by atoms with E-state index in [4.69, 9.17) is 20.8 Å². The van der Waals surface area contributed by atoms with Gasteiger partial charge in [0.25, 0.3) is 0 Å². The number of aromatic nitrogens is 1. The zero-order chi connectivity index (χ0) is 22.8. The third-order valence-electron chi connectivity index (χ3n) is 5.32. The maximum Gasteiger partial charge on any atom is 0.249 e. The van der Waals surface area contributed by atoms with E-state index >= 15 is 0 Å². The summed E-state index contributed by atoms with van der Waals surface area (Å²) in [6.07, 6.45) is 4.78. The number of pyridine rings is 1. The number of nitrogens with zero attached hydrogens (tertiary/aromatic N) is 1. The number of amides is 1. The number of carbonyl (C=O) groups excluding carboxylic acids is 1. The van der Waals surface area contributed by atoms with E-state index in [1.54, 1.807) is 25.5 Å². The quantitative estimate of drug-likeness (QED) is 0.342. The summed E-state index contributed by atoms with van der Waals surface area (Å²) in [5, 5.41) is 4.21. The molecule has 0 spiro atoms. The van der Waals surface area contributed by atoms with Crippen molar-refractivity contribution >= 4 is 39.9 Å². The molecule has 2 aromatic heterocycles. The van der Waals surface area contributed by atoms with Crippen molar-refractivity contribution in [1.29, 1.82) is 0 Å². The molecule has 5 nitrogen and oxygen atoms in total. The minimum Gasteiger partial charge on any atom is -0.496 e. The highest BCUT2D eigenvalue weighted by Gasteiger charge is 2.16. The molecule has 0 aliphatic carbocycles. The van der Waals surface area contributed by atoms with Gasteiger partial charge in [0.15, 0.2) is 0 Å². The normalized spacial score (nSPS) is 11.6. The second kappa shape index (κ2) is 8.89. The molecule has 0 aliphatic rings. The van der Waals surface area contributed by atoms with E-state index in [-0.39, 0.29) is 5.91 Å². The lowest BCUT2D eigenvalue weighted by molar-refractivity contribution is -0.111. The van der Waals surface area contributed by atoms with Gasteiger partial charge < -0.3 is 14.5 Å². The molecule has 1 N–H and O–H groups in total. The second-order valence-electron chi connectivity index (χ2n) is 7.69. The summed E-state index contributed by atoms with van der Waals surface area (Å²) in [6, 6.07) is 13.5. The zero-order valence-corrected chi connectivity index (χ0v) is 19.1. The third-order valence-corrected chi connectivity index (χ3v) is 5.54. The Balaban J connectivity index is 1.73. The Bertz CT molecular complexity index is 1340. The van der Waals surface area contributed by atoms with Crippen molar-refractivity contribution in [1.82, 2.24) is 4.98 Å². The molecule has 0 radical (unpaired) electrons. The fourth-order valence-corrected chi connectivity index (χ4v) is 3.85. The van der Waals surface area contributed by atoms with Crippen LogP contribution in [0.3, 0.4) is 0 Å². The van der Waals surface area contributed by atoms with Crippen LogP contribution in [0.5, 0.6) is 5.75 Å². The molecule has 0 aliphatic heterocycles. The Hall–Kier alpha value is -3.57. The van der Waals surface area contributed by atoms with Gasteiger partial charge in [-0.15, -0.1) is 0 Å². The Morgan fingerprint density at radius 1 is 1.12 bits per heavy atom. The largest absolute Gasteiger partial charge is 0.496 e. The predicted molar refractivity (Wildman–Crippen MR) is 129 cm³/mol. The van der Waals surface area contributed by atoms with Crippen LogP contribution in [-0.4, -0.2) is 18.0 Å². The summed E-state index contributed by atoms with van der Waals surface area (Å²) < 4.78 is 11.4. The van der Waals surface area contributed by atoms with Crippen molar-refractivity contribution in [3.05, 3.63) is 82.7 Å². The second-order valence-corrected chi connectivity index (χ2v) is 8.13. The van der Waals surface area contributed by atoms with E-state index in [0.29, 0.717) is 16.6 Å². The van der Waals surface area contributed by atoms with Gasteiger partial charge in [0.05, 0.1) is 18.4 Å². The number of furan rings is 1. The lowest BCUT2D eigenvalue weighted by Crippen LogP contribution is -2.09. The number of nitrogens with one attached hydrogen (secondary N) is 1. The van der Waals surface area contributed by atoms with Crippen LogP contribution in [0.4, 0.5) is 5.82 Å². The molecule has 6 heteroatoms. The number of anilines is 1. The average molecular weight is 447 g/mol. The first-order valence-corrected chi connectivity index (χ1v) is 10.5. The van der Waals surface area contributed by atoms with Gasteiger partial charge in [0.2, 0.25) is 5.91 Å². The van der Waals surface area contributed by atoms with E-state index in [0.717, 1.165) is 33.2 Å². The average Bonchev–Trinajstić information content (AvgIpc) is 3.17. The van der Waals surface area contributed by atoms with Gasteiger partial charge in [0.1, 0.15) is 17.2 Å². The molecule has 4 aromatic rings. The van der Waals surface area contributed by atoms with Gasteiger partial charge in [0, 0.05) is 34.9 Å². The molecule has 32 heavy (non-hydrogen) atoms. The van der Waals surface area contributed by atoms with Gasteiger partial charge in [-0.1, -0.05) is 35.4 Å². The van der Waals surface area contributed by atoms with Gasteiger partial charge >= 0.3 is 0 Å². The van der Waals surface area contributed by atoms with Crippen molar-refractivity contribution in [2.24, 2.45) is 0 Å². The summed E-state index contributed by atoms with van der Waals surface area (Å²) in [5.74, 6) is 0.768. The van der Waals surface area contributed by atoms with Crippen molar-refractivity contribution in [3.8, 4) is 16.9 Å². The fraction of sp³-hybridized carbons (Fsp3) is 0.154. The first-order chi connectivity index (χ1) is 15.4. The monoisotopic (exact) mass is 446 g/mol. The molecule has 1 amide bonds. The maximum atomic E-state index is 12.5. The number of allylic oxidation sites excluding steroid dienone is 1. The SMILES string of the molecule is COc1cc2occ(-c3ccc(C)cc3C)c2cc1/C(C)=C/C(=O)Nc1ccc(Cl)cn1. The van der Waals surface area contributed by atoms with Crippen LogP contribution in [0.15, 0.2) is 65.4 Å². The smallest absolute Gasteiger partial charge is 0.249 e. The van der Waals surface area contributed by atoms with Crippen molar-refractivity contribution in [2.45, 2.75) is 20.8 Å². The van der Waals surface area contributed by atoms with E-state index in [2.05, 4.69) is 42.3 Å². The predicted octanol–water partition coefficient (Wildman–Crippen LogP) is 6.82. The molecule has 0 fully saturated rings. The molecule has 0 bridgehead atoms. The van der Waals surface area contributed by atoms with E-state index < -0.39 is 0 Å². The van der Waals surface area contributed by atoms with E-state index in [1.807, 2.05) is 19.1 Å². The molecule has 0 saturated carbocycles. The Morgan fingerprint density at radius 2 is 1.94 bits per heavy atom. The minimum atomic E-state index is -0.290. The molecule has 2 heterocycles. The van der Waals surface area contributed by atoms with Gasteiger partial charge in [-0.05, 0) is 55.7 Å². The van der Waals surface area contributed by atoms with Crippen LogP contribution in [0.1, 0.15) is 23.6 Å². The Kier molecular flexibility index (Phi) is 6.01. The van der Waals surface area contributed by atoms with Crippen molar-refractivity contribution in [2.75, 3.05) is 12.4 Å². The first kappa shape index (κ1) is 21.7. The van der Waals surface area contributed by atoms with Crippen LogP contribution in [0, 0.1) is 13.8 Å². The summed E-state index contributed by atoms with van der Waals surface area (Å²) in [6.45, 7) is 6.04. The molecule has 162 valence electrons. The Morgan fingerprint density at radius 3 is 2.62 bits per heavy atom. The number of benzene rings is 2. The van der Waals surface area contributed by atoms with Crippen molar-refractivity contribution in [3.63, 3.8) is 0 Å². The summed E-state index contributed by atoms with van der Waals surface area (Å²) in [7, 11) is 1.60. The van der Waals surface area contributed by atoms with E-state index in [9.17, 15) is 4.79 Å². The highest BCUT2D eigenvalue weighted by atomic mass is 35.5. The van der Waals surface area contributed by atoms with Crippen LogP contribution < -0.4 is 10.1 Å². The van der Waals surface area contributed by atoms with Gasteiger partial charge in [-0.2, -0.15) is 0 Å². The third kappa shape index (κ3) is 4.39. The molecule has 0 saturated heterocycles. The zero-order valence-electron chi connectivity index (χ0n) is 18.3. The highest BCUT2D eigenvalue weighted by Crippen LogP contribution is 2.38. The number of rotatable bonds is 5. The summed E-state index contributed by atoms with van der Waals surface area (Å²) in [4.78, 5) is 16.6. The number of aryl methyl sites for hydroxylation is 2. The van der Waals surface area contributed by atoms with Gasteiger partial charge in [-0.25, -0.2) is 4.98 Å². The van der Waals surface area contributed by atoms with Gasteiger partial charge in [-0.3, -0.25) is 4.79 Å². The summed E-state index contributed by atoms with van der Waals surface area (Å²) in [5.41, 5.74) is 6.79. The fourth-order valence-electron chi connectivity index (χ4n) is 3.74. The van der Waals surface area contributed by atoms with E-state index in [1.165, 1.54) is 23.4 Å². The van der Waals surface area contributed by atoms with Crippen LogP contribution in [0.2, 0.25) is 5.02 Å². The van der Waals surface area contributed by atoms with Crippen LogP contribution in [-0.2, 0) is 4.79 Å². The summed E-state index contributed by atoms with van der Waals surface area (Å²) >= 11 is 5.85. The number of hydrogen-bond donors (Lipinski definition) is 1. The number of ether oxygens (including phenoxy) is 1. The number of fused-ring (bicyclic) bond motifs is 1. The number of halogens is 1. The van der Waals surface area contributed by atoms with Crippen LogP contribution in [0.25, 0.3) is 27.7 Å². The lowest BCUT2D eigenvalue weighted by atomic mass is 9.96. The molecule has 4 rings (SSSR count). The maximum absolute atomic E-state index is 12.5. The topological polar surface area (TPSA) is 64.4 Å². The Labute approximate surface area is 191 Å². The number of carbonyl (C=O) groups is 1.